The number of aromatic nitrogens is 1. The molecule has 2 aromatic carbocycles. The van der Waals surface area contributed by atoms with Crippen LogP contribution >= 0.6 is 0 Å². The van der Waals surface area contributed by atoms with Crippen molar-refractivity contribution >= 4 is 16.9 Å². The number of hydrogen-bond donors (Lipinski definition) is 0. The third kappa shape index (κ3) is 3.69. The summed E-state index contributed by atoms with van der Waals surface area (Å²) in [5.74, 6) is -0.524. The fraction of sp³-hybridized carbons (Fsp3) is 0.250. The summed E-state index contributed by atoms with van der Waals surface area (Å²) in [6, 6.07) is 16.6. The highest BCUT2D eigenvalue weighted by molar-refractivity contribution is 5.90. The summed E-state index contributed by atoms with van der Waals surface area (Å²) in [7, 11) is 0. The predicted molar refractivity (Wildman–Crippen MR) is 93.3 cm³/mol. The summed E-state index contributed by atoms with van der Waals surface area (Å²) < 4.78 is 11.3. The maximum Gasteiger partial charge on any atom is 0.220 e. The van der Waals surface area contributed by atoms with Crippen molar-refractivity contribution in [1.29, 1.82) is 5.26 Å². The molecule has 126 valence electrons. The average Bonchev–Trinajstić information content (AvgIpc) is 3.00. The van der Waals surface area contributed by atoms with E-state index in [4.69, 9.17) is 9.15 Å². The first kappa shape index (κ1) is 16.7. The van der Waals surface area contributed by atoms with Crippen LogP contribution in [-0.4, -0.2) is 16.9 Å². The Morgan fingerprint density at radius 1 is 1.20 bits per heavy atom. The number of carbonyl (C=O) groups is 1. The Morgan fingerprint density at radius 2 is 1.92 bits per heavy atom. The molecule has 5 heteroatoms. The first-order valence-electron chi connectivity index (χ1n) is 8.11. The van der Waals surface area contributed by atoms with Crippen molar-refractivity contribution in [3.05, 3.63) is 60.0 Å². The number of fused-ring (bicyclic) bond motifs is 1. The molecule has 0 unspecified atom stereocenters. The molecule has 0 radical (unpaired) electrons. The number of nitrogens with zero attached hydrogens (tertiary/aromatic N) is 2. The molecule has 0 saturated carbocycles. The summed E-state index contributed by atoms with van der Waals surface area (Å²) >= 11 is 0. The number of oxazole rings is 1. The van der Waals surface area contributed by atoms with E-state index in [0.29, 0.717) is 16.8 Å². The van der Waals surface area contributed by atoms with Gasteiger partial charge in [-0.15, -0.1) is 0 Å². The van der Waals surface area contributed by atoms with E-state index in [1.165, 1.54) is 0 Å². The highest BCUT2D eigenvalue weighted by Gasteiger charge is 2.26. The van der Waals surface area contributed by atoms with Gasteiger partial charge in [0.05, 0.1) is 12.2 Å². The highest BCUT2D eigenvalue weighted by atomic mass is 16.5. The van der Waals surface area contributed by atoms with Gasteiger partial charge in [0.1, 0.15) is 11.3 Å². The molecule has 0 spiro atoms. The standard InChI is InChI=1S/C20H18N2O3/c1-13(2)24-18-9-5-3-7-14(18)11-17(23)15(12-21)20-22-16-8-4-6-10-19(16)25-20/h3-10,13,15H,11H2,1-2H3/t15-/m1/s1. The lowest BCUT2D eigenvalue weighted by Crippen LogP contribution is -2.15. The Hall–Kier alpha value is -3.13. The second kappa shape index (κ2) is 7.18. The Kier molecular flexibility index (Phi) is 4.80. The van der Waals surface area contributed by atoms with Crippen LogP contribution in [0.5, 0.6) is 5.75 Å². The van der Waals surface area contributed by atoms with Crippen LogP contribution in [0.2, 0.25) is 0 Å². The third-order valence-corrected chi connectivity index (χ3v) is 3.71. The Balaban J connectivity index is 1.85. The van der Waals surface area contributed by atoms with Crippen molar-refractivity contribution in [2.24, 2.45) is 0 Å². The van der Waals surface area contributed by atoms with Crippen molar-refractivity contribution in [3.63, 3.8) is 0 Å². The molecule has 3 aromatic rings. The summed E-state index contributed by atoms with van der Waals surface area (Å²) in [5.41, 5.74) is 1.95. The molecular formula is C20H18N2O3. The number of carbonyl (C=O) groups excluding carboxylic acids is 1. The molecular weight excluding hydrogens is 316 g/mol. The molecule has 5 nitrogen and oxygen atoms in total. The van der Waals surface area contributed by atoms with E-state index in [1.807, 2.05) is 56.3 Å². The van der Waals surface area contributed by atoms with Gasteiger partial charge < -0.3 is 9.15 Å². The van der Waals surface area contributed by atoms with E-state index in [9.17, 15) is 10.1 Å². The van der Waals surface area contributed by atoms with Crippen LogP contribution in [0.15, 0.2) is 52.9 Å². The molecule has 0 aliphatic carbocycles. The van der Waals surface area contributed by atoms with Gasteiger partial charge in [-0.1, -0.05) is 30.3 Å². The van der Waals surface area contributed by atoms with Crippen molar-refractivity contribution in [2.45, 2.75) is 32.3 Å². The SMILES string of the molecule is CC(C)Oc1ccccc1CC(=O)[C@@H](C#N)c1nc2ccccc2o1. The number of para-hydroxylation sites is 3. The zero-order valence-corrected chi connectivity index (χ0v) is 14.1. The second-order valence-corrected chi connectivity index (χ2v) is 6.00. The first-order valence-corrected chi connectivity index (χ1v) is 8.11. The number of Topliss-reactive ketones (excluding diaryl/α,β-unsaturated/α-hetero) is 1. The molecule has 1 aromatic heterocycles. The number of ketones is 1. The molecule has 0 aliphatic heterocycles. The van der Waals surface area contributed by atoms with Crippen LogP contribution in [0, 0.1) is 11.3 Å². The Labute approximate surface area is 145 Å². The fourth-order valence-electron chi connectivity index (χ4n) is 2.59. The largest absolute Gasteiger partial charge is 0.491 e. The summed E-state index contributed by atoms with van der Waals surface area (Å²) in [4.78, 5) is 17.0. The number of ether oxygens (including phenoxy) is 1. The monoisotopic (exact) mass is 334 g/mol. The maximum atomic E-state index is 12.7. The highest BCUT2D eigenvalue weighted by Crippen LogP contribution is 2.26. The van der Waals surface area contributed by atoms with Crippen LogP contribution in [0.25, 0.3) is 11.1 Å². The minimum absolute atomic E-state index is 0.0000513. The van der Waals surface area contributed by atoms with Gasteiger partial charge >= 0.3 is 0 Å². The molecule has 0 saturated heterocycles. The molecule has 0 aliphatic rings. The van der Waals surface area contributed by atoms with E-state index in [-0.39, 0.29) is 24.2 Å². The fourth-order valence-corrected chi connectivity index (χ4v) is 2.59. The molecule has 0 amide bonds. The van der Waals surface area contributed by atoms with Crippen molar-refractivity contribution < 1.29 is 13.9 Å². The summed E-state index contributed by atoms with van der Waals surface area (Å²) in [6.07, 6.45) is 0.0832. The van der Waals surface area contributed by atoms with Crippen molar-refractivity contribution in [2.75, 3.05) is 0 Å². The second-order valence-electron chi connectivity index (χ2n) is 6.00. The van der Waals surface area contributed by atoms with Crippen molar-refractivity contribution in [1.82, 2.24) is 4.98 Å². The van der Waals surface area contributed by atoms with Gasteiger partial charge in [-0.05, 0) is 32.0 Å². The lowest BCUT2D eigenvalue weighted by atomic mass is 9.98. The zero-order valence-electron chi connectivity index (χ0n) is 14.1. The van der Waals surface area contributed by atoms with E-state index in [2.05, 4.69) is 4.98 Å². The summed E-state index contributed by atoms with van der Waals surface area (Å²) in [5, 5.41) is 9.47. The minimum Gasteiger partial charge on any atom is -0.491 e. The smallest absolute Gasteiger partial charge is 0.220 e. The van der Waals surface area contributed by atoms with Gasteiger partial charge in [-0.25, -0.2) is 4.98 Å². The zero-order chi connectivity index (χ0) is 17.8. The third-order valence-electron chi connectivity index (χ3n) is 3.71. The predicted octanol–water partition coefficient (Wildman–Crippen LogP) is 4.03. The average molecular weight is 334 g/mol. The van der Waals surface area contributed by atoms with Gasteiger partial charge in [-0.3, -0.25) is 4.79 Å². The molecule has 0 fully saturated rings. The Morgan fingerprint density at radius 3 is 2.64 bits per heavy atom. The number of rotatable bonds is 6. The first-order chi connectivity index (χ1) is 12.1. The van der Waals surface area contributed by atoms with Crippen LogP contribution in [0.1, 0.15) is 31.2 Å². The van der Waals surface area contributed by atoms with E-state index in [1.54, 1.807) is 12.1 Å². The molecule has 1 heterocycles. The molecule has 1 atom stereocenters. The van der Waals surface area contributed by atoms with Crippen molar-refractivity contribution in [3.8, 4) is 11.8 Å². The van der Waals surface area contributed by atoms with Gasteiger partial charge in [-0.2, -0.15) is 5.26 Å². The van der Waals surface area contributed by atoms with Crippen LogP contribution in [0.3, 0.4) is 0 Å². The van der Waals surface area contributed by atoms with Crippen LogP contribution < -0.4 is 4.74 Å². The lowest BCUT2D eigenvalue weighted by molar-refractivity contribution is -0.119. The van der Waals surface area contributed by atoms with E-state index in [0.717, 1.165) is 5.56 Å². The molecule has 3 rings (SSSR count). The maximum absolute atomic E-state index is 12.7. The number of benzene rings is 2. The van der Waals surface area contributed by atoms with E-state index >= 15 is 0 Å². The molecule has 0 bridgehead atoms. The van der Waals surface area contributed by atoms with Gasteiger partial charge in [0.2, 0.25) is 5.89 Å². The lowest BCUT2D eigenvalue weighted by Gasteiger charge is -2.14. The number of nitriles is 1. The van der Waals surface area contributed by atoms with Crippen LogP contribution in [-0.2, 0) is 11.2 Å². The molecule has 0 N–H and O–H groups in total. The Bertz CT molecular complexity index is 904. The summed E-state index contributed by atoms with van der Waals surface area (Å²) in [6.45, 7) is 3.85. The normalized spacial score (nSPS) is 12.1. The van der Waals surface area contributed by atoms with E-state index < -0.39 is 5.92 Å². The van der Waals surface area contributed by atoms with Gasteiger partial charge in [0.25, 0.3) is 0 Å². The topological polar surface area (TPSA) is 76.1 Å². The molecule has 25 heavy (non-hydrogen) atoms. The van der Waals surface area contributed by atoms with Gasteiger partial charge in [0, 0.05) is 12.0 Å². The van der Waals surface area contributed by atoms with Crippen LogP contribution in [0.4, 0.5) is 0 Å². The number of hydrogen-bond acceptors (Lipinski definition) is 5. The quantitative estimate of drug-likeness (QED) is 0.680. The minimum atomic E-state index is -1.04. The van der Waals surface area contributed by atoms with Gasteiger partial charge in [0.15, 0.2) is 17.3 Å².